The number of nitrogens with one attached hydrogen (secondary N) is 1. The third kappa shape index (κ3) is 6.99. The van der Waals surface area contributed by atoms with Gasteiger partial charge in [0.2, 0.25) is 0 Å². The van der Waals surface area contributed by atoms with Crippen LogP contribution in [0.15, 0.2) is 0 Å². The summed E-state index contributed by atoms with van der Waals surface area (Å²) in [5.74, 6) is 0.878. The lowest BCUT2D eigenvalue weighted by Crippen LogP contribution is -2.37. The first-order chi connectivity index (χ1) is 8.36. The van der Waals surface area contributed by atoms with E-state index in [2.05, 4.69) is 17.1 Å². The number of piperidine rings is 1. The molecule has 0 amide bonds. The van der Waals surface area contributed by atoms with Gasteiger partial charge in [-0.05, 0) is 77.2 Å². The third-order valence-corrected chi connectivity index (χ3v) is 3.67. The van der Waals surface area contributed by atoms with Gasteiger partial charge in [-0.25, -0.2) is 0 Å². The maximum atomic E-state index is 11.9. The Bertz CT molecular complexity index is 168. The van der Waals surface area contributed by atoms with Crippen LogP contribution < -0.4 is 5.32 Å². The molecule has 0 aromatic rings. The lowest BCUT2D eigenvalue weighted by Gasteiger charge is -2.32. The Morgan fingerprint density at radius 2 is 1.94 bits per heavy atom. The molecule has 17 heavy (non-hydrogen) atoms. The zero-order valence-electron chi connectivity index (χ0n) is 11.4. The Morgan fingerprint density at radius 1 is 1.18 bits per heavy atom. The number of likely N-dealkylation sites (tertiary alicyclic amines) is 1. The smallest absolute Gasteiger partial charge is 0.0894 e. The van der Waals surface area contributed by atoms with Crippen molar-refractivity contribution in [1.29, 1.82) is 0 Å². The second-order valence-corrected chi connectivity index (χ2v) is 5.24. The predicted molar refractivity (Wildman–Crippen MR) is 72.2 cm³/mol. The molecule has 3 heteroatoms. The fourth-order valence-electron chi connectivity index (χ4n) is 2.50. The van der Waals surface area contributed by atoms with Crippen LogP contribution in [0.25, 0.3) is 0 Å². The maximum Gasteiger partial charge on any atom is 0.0894 e. The molecule has 102 valence electrons. The van der Waals surface area contributed by atoms with Gasteiger partial charge in [0.1, 0.15) is 0 Å². The number of alkyl halides is 1. The number of halogens is 1. The summed E-state index contributed by atoms with van der Waals surface area (Å²) in [6.45, 7) is 8.09. The molecule has 1 saturated heterocycles. The third-order valence-electron chi connectivity index (χ3n) is 3.67. The van der Waals surface area contributed by atoms with Gasteiger partial charge in [0.05, 0.1) is 6.67 Å². The lowest BCUT2D eigenvalue weighted by atomic mass is 9.96. The number of rotatable bonds is 9. The summed E-state index contributed by atoms with van der Waals surface area (Å²) in [6, 6.07) is 0. The van der Waals surface area contributed by atoms with Crippen LogP contribution in [0.4, 0.5) is 4.39 Å². The van der Waals surface area contributed by atoms with Gasteiger partial charge in [-0.2, -0.15) is 0 Å². The molecule has 2 nitrogen and oxygen atoms in total. The van der Waals surface area contributed by atoms with E-state index in [0.29, 0.717) is 0 Å². The molecule has 0 spiro atoms. The molecule has 1 N–H and O–H groups in total. The van der Waals surface area contributed by atoms with Gasteiger partial charge < -0.3 is 10.2 Å². The van der Waals surface area contributed by atoms with Gasteiger partial charge >= 0.3 is 0 Å². The molecule has 0 aliphatic carbocycles. The second kappa shape index (κ2) is 9.84. The molecule has 1 heterocycles. The molecule has 0 aromatic carbocycles. The molecule has 0 unspecified atom stereocenters. The minimum absolute atomic E-state index is 0.148. The van der Waals surface area contributed by atoms with E-state index >= 15 is 0 Å². The van der Waals surface area contributed by atoms with Gasteiger partial charge in [0, 0.05) is 0 Å². The van der Waals surface area contributed by atoms with Crippen molar-refractivity contribution < 1.29 is 4.39 Å². The zero-order chi connectivity index (χ0) is 12.3. The van der Waals surface area contributed by atoms with Gasteiger partial charge in [0.25, 0.3) is 0 Å². The summed E-state index contributed by atoms with van der Waals surface area (Å²) in [5.41, 5.74) is 0. The van der Waals surface area contributed by atoms with Crippen molar-refractivity contribution in [2.24, 2.45) is 5.92 Å². The summed E-state index contributed by atoms with van der Waals surface area (Å²) in [4.78, 5) is 2.55. The van der Waals surface area contributed by atoms with Crippen LogP contribution in [0.5, 0.6) is 0 Å². The highest BCUT2D eigenvalue weighted by Crippen LogP contribution is 2.16. The Morgan fingerprint density at radius 3 is 2.59 bits per heavy atom. The monoisotopic (exact) mass is 244 g/mol. The van der Waals surface area contributed by atoms with Crippen LogP contribution in [0, 0.1) is 5.92 Å². The minimum Gasteiger partial charge on any atom is -0.316 e. The molecule has 0 aromatic heterocycles. The van der Waals surface area contributed by atoms with Crippen LogP contribution in [-0.2, 0) is 0 Å². The van der Waals surface area contributed by atoms with Crippen molar-refractivity contribution in [3.05, 3.63) is 0 Å². The average Bonchev–Trinajstić information content (AvgIpc) is 2.37. The van der Waals surface area contributed by atoms with Crippen molar-refractivity contribution in [3.63, 3.8) is 0 Å². The molecule has 0 saturated carbocycles. The minimum atomic E-state index is -0.148. The van der Waals surface area contributed by atoms with E-state index in [0.717, 1.165) is 25.3 Å². The molecule has 0 atom stereocenters. The quantitative estimate of drug-likeness (QED) is 0.627. The van der Waals surface area contributed by atoms with E-state index in [9.17, 15) is 4.39 Å². The first-order valence-electron chi connectivity index (χ1n) is 7.35. The largest absolute Gasteiger partial charge is 0.316 e. The fourth-order valence-corrected chi connectivity index (χ4v) is 2.50. The fraction of sp³-hybridized carbons (Fsp3) is 1.00. The molecular formula is C14H29FN2. The van der Waals surface area contributed by atoms with E-state index in [1.807, 2.05) is 0 Å². The number of nitrogens with zero attached hydrogens (tertiary/aromatic N) is 1. The van der Waals surface area contributed by atoms with E-state index < -0.39 is 0 Å². The zero-order valence-corrected chi connectivity index (χ0v) is 11.4. The highest BCUT2D eigenvalue weighted by atomic mass is 19.1. The van der Waals surface area contributed by atoms with Crippen molar-refractivity contribution >= 4 is 0 Å². The summed E-state index contributed by atoms with van der Waals surface area (Å²) in [5, 5.41) is 3.52. The first-order valence-corrected chi connectivity index (χ1v) is 7.35. The number of unbranched alkanes of at least 4 members (excludes halogenated alkanes) is 2. The van der Waals surface area contributed by atoms with Crippen molar-refractivity contribution in [1.82, 2.24) is 10.2 Å². The van der Waals surface area contributed by atoms with E-state index in [1.165, 1.54) is 51.9 Å². The van der Waals surface area contributed by atoms with Crippen LogP contribution in [0.3, 0.4) is 0 Å². The Hall–Kier alpha value is -0.150. The van der Waals surface area contributed by atoms with Crippen molar-refractivity contribution in [3.8, 4) is 0 Å². The predicted octanol–water partition coefficient (Wildman–Crippen LogP) is 2.84. The van der Waals surface area contributed by atoms with Crippen LogP contribution in [0.1, 0.15) is 45.4 Å². The standard InChI is InChI=1S/C14H29FN2/c1-2-9-16-13-14-6-11-17(12-7-14)10-5-3-4-8-15/h14,16H,2-13H2,1H3. The molecule has 1 fully saturated rings. The normalized spacial score (nSPS) is 18.7. The molecule has 1 aliphatic rings. The van der Waals surface area contributed by atoms with Gasteiger partial charge in [0.15, 0.2) is 0 Å². The van der Waals surface area contributed by atoms with Gasteiger partial charge in [-0.1, -0.05) is 6.92 Å². The summed E-state index contributed by atoms with van der Waals surface area (Å²) < 4.78 is 11.9. The van der Waals surface area contributed by atoms with E-state index in [1.54, 1.807) is 0 Å². The summed E-state index contributed by atoms with van der Waals surface area (Å²) in [6.07, 6.45) is 6.86. The topological polar surface area (TPSA) is 15.3 Å². The van der Waals surface area contributed by atoms with Crippen LogP contribution >= 0.6 is 0 Å². The number of hydrogen-bond donors (Lipinski definition) is 1. The Labute approximate surface area is 106 Å². The highest BCUT2D eigenvalue weighted by molar-refractivity contribution is 4.73. The van der Waals surface area contributed by atoms with E-state index in [4.69, 9.17) is 0 Å². The van der Waals surface area contributed by atoms with Gasteiger partial charge in [-0.3, -0.25) is 4.39 Å². The van der Waals surface area contributed by atoms with Gasteiger partial charge in [-0.15, -0.1) is 0 Å². The van der Waals surface area contributed by atoms with Crippen molar-refractivity contribution in [2.45, 2.75) is 45.4 Å². The molecule has 1 rings (SSSR count). The molecule has 0 bridgehead atoms. The van der Waals surface area contributed by atoms with E-state index in [-0.39, 0.29) is 6.67 Å². The summed E-state index contributed by atoms with van der Waals surface area (Å²) in [7, 11) is 0. The number of hydrogen-bond acceptors (Lipinski definition) is 2. The Balaban J connectivity index is 1.97. The second-order valence-electron chi connectivity index (χ2n) is 5.24. The Kier molecular flexibility index (Phi) is 8.63. The average molecular weight is 244 g/mol. The molecule has 1 aliphatic heterocycles. The maximum absolute atomic E-state index is 11.9. The molecule has 0 radical (unpaired) electrons. The summed E-state index contributed by atoms with van der Waals surface area (Å²) >= 11 is 0. The SMILES string of the molecule is CCCNCC1CCN(CCCCCF)CC1. The lowest BCUT2D eigenvalue weighted by molar-refractivity contribution is 0.179. The highest BCUT2D eigenvalue weighted by Gasteiger charge is 2.17. The molecular weight excluding hydrogens is 215 g/mol. The van der Waals surface area contributed by atoms with Crippen LogP contribution in [-0.4, -0.2) is 44.3 Å². The van der Waals surface area contributed by atoms with Crippen LogP contribution in [0.2, 0.25) is 0 Å². The first kappa shape index (κ1) is 14.9. The van der Waals surface area contributed by atoms with Crippen molar-refractivity contribution in [2.75, 3.05) is 39.4 Å².